The minimum atomic E-state index is -0.460. The number of phenolic OH excluding ortho intramolecular Hbond substituents is 1. The van der Waals surface area contributed by atoms with Gasteiger partial charge >= 0.3 is 6.16 Å². The highest BCUT2D eigenvalue weighted by Crippen LogP contribution is 2.63. The van der Waals surface area contributed by atoms with Crippen LogP contribution in [0.3, 0.4) is 0 Å². The monoisotopic (exact) mass is 484 g/mol. The summed E-state index contributed by atoms with van der Waals surface area (Å²) in [5.41, 5.74) is 2.84. The molecule has 0 amide bonds. The van der Waals surface area contributed by atoms with E-state index in [4.69, 9.17) is 9.47 Å². The van der Waals surface area contributed by atoms with Gasteiger partial charge in [-0.05, 0) is 85.5 Å². The summed E-state index contributed by atoms with van der Waals surface area (Å²) in [6.07, 6.45) is 15.9. The van der Waals surface area contributed by atoms with E-state index >= 15 is 0 Å². The summed E-state index contributed by atoms with van der Waals surface area (Å²) < 4.78 is 11.5. The minimum absolute atomic E-state index is 0.0294. The molecule has 196 valence electrons. The topological polar surface area (TPSA) is 55.8 Å². The van der Waals surface area contributed by atoms with Crippen molar-refractivity contribution in [3.8, 4) is 5.75 Å². The summed E-state index contributed by atoms with van der Waals surface area (Å²) in [4.78, 5) is 12.6. The molecule has 0 aromatic heterocycles. The van der Waals surface area contributed by atoms with Gasteiger partial charge in [-0.25, -0.2) is 4.79 Å². The van der Waals surface area contributed by atoms with Gasteiger partial charge in [0.1, 0.15) is 11.9 Å². The molecule has 1 N–H and O–H groups in total. The lowest BCUT2D eigenvalue weighted by atomic mass is 9.52. The van der Waals surface area contributed by atoms with Gasteiger partial charge in [0.2, 0.25) is 0 Å². The quantitative estimate of drug-likeness (QED) is 0.252. The lowest BCUT2D eigenvalue weighted by Crippen LogP contribution is -2.48. The molecule has 1 aromatic rings. The van der Waals surface area contributed by atoms with Crippen molar-refractivity contribution in [2.75, 3.05) is 6.61 Å². The van der Waals surface area contributed by atoms with Gasteiger partial charge in [0, 0.05) is 5.41 Å². The third kappa shape index (κ3) is 5.83. The molecule has 0 spiro atoms. The average Bonchev–Trinajstić information content (AvgIpc) is 3.17. The molecule has 0 bridgehead atoms. The number of carbonyl (C=O) groups is 1. The van der Waals surface area contributed by atoms with Crippen LogP contribution in [0.5, 0.6) is 5.75 Å². The van der Waals surface area contributed by atoms with Crippen molar-refractivity contribution in [1.82, 2.24) is 0 Å². The van der Waals surface area contributed by atoms with Crippen LogP contribution in [0.2, 0.25) is 0 Å². The molecule has 0 radical (unpaired) electrons. The second-order valence-corrected chi connectivity index (χ2v) is 11.8. The standard InChI is InChI=1S/C31H48O4/c1-4-6-7-8-9-10-11-12-19-34-30(33)35-28-16-15-27-29-22(5-2)20-23-21-24(32)13-14-25(23)26(29)17-18-31(27,28)3/h13-14,21-22,26-29,32H,4-12,15-20H2,1-3H3/t22-,26?,27?,28+,29?,31+/m1/s1. The van der Waals surface area contributed by atoms with Gasteiger partial charge in [-0.3, -0.25) is 0 Å². The van der Waals surface area contributed by atoms with Crippen LogP contribution in [0.15, 0.2) is 18.2 Å². The Hall–Kier alpha value is -1.71. The highest BCUT2D eigenvalue weighted by molar-refractivity contribution is 5.60. The molecule has 6 atom stereocenters. The van der Waals surface area contributed by atoms with Gasteiger partial charge in [-0.1, -0.05) is 78.2 Å². The first-order valence-corrected chi connectivity index (χ1v) is 14.6. The zero-order valence-electron chi connectivity index (χ0n) is 22.4. The normalized spacial score (nSPS) is 31.3. The Morgan fingerprint density at radius 3 is 2.51 bits per heavy atom. The number of fused-ring (bicyclic) bond motifs is 5. The number of aromatic hydroxyl groups is 1. The highest BCUT2D eigenvalue weighted by Gasteiger charge is 2.58. The van der Waals surface area contributed by atoms with Crippen molar-refractivity contribution in [3.63, 3.8) is 0 Å². The summed E-state index contributed by atoms with van der Waals surface area (Å²) in [6.45, 7) is 7.41. The largest absolute Gasteiger partial charge is 0.508 e. The molecule has 3 unspecified atom stereocenters. The fraction of sp³-hybridized carbons (Fsp3) is 0.774. The molecule has 4 heteroatoms. The summed E-state index contributed by atoms with van der Waals surface area (Å²) in [5.74, 6) is 2.80. The zero-order valence-corrected chi connectivity index (χ0v) is 22.4. The van der Waals surface area contributed by atoms with Crippen molar-refractivity contribution >= 4 is 6.16 Å². The van der Waals surface area contributed by atoms with Crippen LogP contribution in [0.4, 0.5) is 4.79 Å². The van der Waals surface area contributed by atoms with E-state index in [0.29, 0.717) is 36.0 Å². The third-order valence-corrected chi connectivity index (χ3v) is 9.78. The van der Waals surface area contributed by atoms with Crippen molar-refractivity contribution in [2.24, 2.45) is 23.2 Å². The molecule has 2 fully saturated rings. The molecule has 0 saturated heterocycles. The number of hydrogen-bond donors (Lipinski definition) is 1. The van der Waals surface area contributed by atoms with Crippen LogP contribution in [0.25, 0.3) is 0 Å². The number of rotatable bonds is 11. The molecule has 3 aliphatic rings. The summed E-state index contributed by atoms with van der Waals surface area (Å²) in [5, 5.41) is 10.0. The van der Waals surface area contributed by atoms with E-state index in [1.54, 1.807) is 0 Å². The molecular formula is C31H48O4. The van der Waals surface area contributed by atoms with E-state index in [2.05, 4.69) is 26.8 Å². The smallest absolute Gasteiger partial charge is 0.508 e. The van der Waals surface area contributed by atoms with Crippen LogP contribution in [0.1, 0.15) is 121 Å². The maximum Gasteiger partial charge on any atom is 0.508 e. The van der Waals surface area contributed by atoms with Gasteiger partial charge in [0.05, 0.1) is 6.61 Å². The first-order valence-electron chi connectivity index (χ1n) is 14.6. The lowest BCUT2D eigenvalue weighted by molar-refractivity contribution is -0.0635. The molecule has 0 heterocycles. The first-order chi connectivity index (χ1) is 17.0. The van der Waals surface area contributed by atoms with E-state index < -0.39 is 6.16 Å². The third-order valence-electron chi connectivity index (χ3n) is 9.78. The van der Waals surface area contributed by atoms with Gasteiger partial charge in [0.15, 0.2) is 0 Å². The predicted molar refractivity (Wildman–Crippen MR) is 141 cm³/mol. The highest BCUT2D eigenvalue weighted by atomic mass is 16.7. The number of hydrogen-bond acceptors (Lipinski definition) is 4. The SMILES string of the molecule is CCCCCCCCCCOC(=O)O[C@H]1CCC2C3C(CC[C@@]21C)c1ccc(O)cc1C[C@H]3CC. The van der Waals surface area contributed by atoms with E-state index in [1.807, 2.05) is 12.1 Å². The Bertz CT molecular complexity index is 835. The molecule has 0 aliphatic heterocycles. The number of phenols is 1. The Morgan fingerprint density at radius 1 is 1.03 bits per heavy atom. The first kappa shape index (κ1) is 26.4. The van der Waals surface area contributed by atoms with Crippen molar-refractivity contribution in [1.29, 1.82) is 0 Å². The Kier molecular flexibility index (Phi) is 9.05. The van der Waals surface area contributed by atoms with Crippen molar-refractivity contribution in [2.45, 2.75) is 123 Å². The molecule has 1 aromatic carbocycles. The summed E-state index contributed by atoms with van der Waals surface area (Å²) >= 11 is 0. The van der Waals surface area contributed by atoms with E-state index in [0.717, 1.165) is 51.4 Å². The number of benzene rings is 1. The fourth-order valence-corrected chi connectivity index (χ4v) is 7.87. The molecule has 3 aliphatic carbocycles. The van der Waals surface area contributed by atoms with Crippen LogP contribution in [0, 0.1) is 23.2 Å². The number of carbonyl (C=O) groups excluding carboxylic acids is 1. The van der Waals surface area contributed by atoms with Crippen LogP contribution in [-0.2, 0) is 15.9 Å². The molecular weight excluding hydrogens is 436 g/mol. The summed E-state index contributed by atoms with van der Waals surface area (Å²) in [7, 11) is 0. The van der Waals surface area contributed by atoms with Gasteiger partial charge in [-0.15, -0.1) is 0 Å². The van der Waals surface area contributed by atoms with Crippen LogP contribution < -0.4 is 0 Å². The summed E-state index contributed by atoms with van der Waals surface area (Å²) in [6, 6.07) is 6.02. The van der Waals surface area contributed by atoms with E-state index in [9.17, 15) is 9.90 Å². The minimum Gasteiger partial charge on any atom is -0.508 e. The second kappa shape index (κ2) is 12.0. The van der Waals surface area contributed by atoms with Crippen LogP contribution in [-0.4, -0.2) is 24.0 Å². The van der Waals surface area contributed by atoms with E-state index in [-0.39, 0.29) is 11.5 Å². The zero-order chi connectivity index (χ0) is 24.8. The molecule has 4 rings (SSSR count). The lowest BCUT2D eigenvalue weighted by Gasteiger charge is -2.53. The molecule has 35 heavy (non-hydrogen) atoms. The van der Waals surface area contributed by atoms with Crippen molar-refractivity contribution < 1.29 is 19.4 Å². The fourth-order valence-electron chi connectivity index (χ4n) is 7.87. The van der Waals surface area contributed by atoms with Gasteiger partial charge in [-0.2, -0.15) is 0 Å². The Balaban J connectivity index is 1.28. The van der Waals surface area contributed by atoms with E-state index in [1.165, 1.54) is 49.7 Å². The molecule has 4 nitrogen and oxygen atoms in total. The predicted octanol–water partition coefficient (Wildman–Crippen LogP) is 8.55. The number of unbranched alkanes of at least 4 members (excludes halogenated alkanes) is 7. The van der Waals surface area contributed by atoms with Crippen LogP contribution >= 0.6 is 0 Å². The molecule has 2 saturated carbocycles. The second-order valence-electron chi connectivity index (χ2n) is 11.8. The van der Waals surface area contributed by atoms with Crippen molar-refractivity contribution in [3.05, 3.63) is 29.3 Å². The maximum absolute atomic E-state index is 12.6. The Morgan fingerprint density at radius 2 is 1.77 bits per heavy atom. The maximum atomic E-state index is 12.6. The average molecular weight is 485 g/mol. The Labute approximate surface area is 213 Å². The van der Waals surface area contributed by atoms with Gasteiger partial charge < -0.3 is 14.6 Å². The van der Waals surface area contributed by atoms with Gasteiger partial charge in [0.25, 0.3) is 0 Å². The number of ether oxygens (including phenoxy) is 2.